The maximum atomic E-state index is 12.5. The van der Waals surface area contributed by atoms with Gasteiger partial charge in [0, 0.05) is 23.9 Å². The Labute approximate surface area is 137 Å². The molecule has 0 aromatic carbocycles. The number of hydrogen-bond donors (Lipinski definition) is 1. The Morgan fingerprint density at radius 2 is 2.22 bits per heavy atom. The molecule has 2 bridgehead atoms. The SMILES string of the molecule is CC1(C)C2CCC1(CS(=O)(=O)NCCCc1cnoc1)C(=O)C2. The Bertz CT molecular complexity index is 681. The summed E-state index contributed by atoms with van der Waals surface area (Å²) in [6.07, 6.45) is 6.78. The zero-order valence-corrected chi connectivity index (χ0v) is 14.5. The van der Waals surface area contributed by atoms with Gasteiger partial charge >= 0.3 is 0 Å². The number of carbonyl (C=O) groups is 1. The zero-order chi connectivity index (χ0) is 16.7. The van der Waals surface area contributed by atoms with Gasteiger partial charge in [-0.25, -0.2) is 13.1 Å². The minimum absolute atomic E-state index is 0.0738. The van der Waals surface area contributed by atoms with E-state index in [-0.39, 0.29) is 17.0 Å². The Kier molecular flexibility index (Phi) is 4.13. The van der Waals surface area contributed by atoms with E-state index in [0.717, 1.165) is 12.0 Å². The van der Waals surface area contributed by atoms with Gasteiger partial charge in [0.15, 0.2) is 0 Å². The summed E-state index contributed by atoms with van der Waals surface area (Å²) < 4.78 is 32.3. The van der Waals surface area contributed by atoms with E-state index in [1.807, 2.05) is 0 Å². The first-order valence-corrected chi connectivity index (χ1v) is 9.81. The standard InChI is InChI=1S/C16H24N2O4S/c1-15(2)13-5-6-16(15,14(19)8-13)11-23(20,21)18-7-3-4-12-9-17-22-10-12/h9-10,13,18H,3-8,11H2,1-2H3. The Balaban J connectivity index is 1.59. The molecule has 2 fully saturated rings. The number of nitrogens with one attached hydrogen (secondary N) is 1. The van der Waals surface area contributed by atoms with Crippen molar-refractivity contribution in [2.45, 2.75) is 46.0 Å². The summed E-state index contributed by atoms with van der Waals surface area (Å²) in [5, 5.41) is 3.62. The van der Waals surface area contributed by atoms with Gasteiger partial charge in [0.25, 0.3) is 0 Å². The van der Waals surface area contributed by atoms with Gasteiger partial charge in [-0.3, -0.25) is 4.79 Å². The smallest absolute Gasteiger partial charge is 0.212 e. The topological polar surface area (TPSA) is 89.3 Å². The number of sulfonamides is 1. The van der Waals surface area contributed by atoms with Crippen molar-refractivity contribution >= 4 is 15.8 Å². The molecule has 2 saturated carbocycles. The van der Waals surface area contributed by atoms with Crippen molar-refractivity contribution in [1.82, 2.24) is 9.88 Å². The van der Waals surface area contributed by atoms with Crippen molar-refractivity contribution in [3.05, 3.63) is 18.0 Å². The minimum Gasteiger partial charge on any atom is -0.364 e. The van der Waals surface area contributed by atoms with E-state index in [1.165, 1.54) is 0 Å². The second kappa shape index (κ2) is 5.70. The van der Waals surface area contributed by atoms with Crippen molar-refractivity contribution in [2.24, 2.45) is 16.7 Å². The van der Waals surface area contributed by atoms with Gasteiger partial charge in [-0.1, -0.05) is 19.0 Å². The predicted octanol–water partition coefficient (Wildman–Crippen LogP) is 1.92. The van der Waals surface area contributed by atoms with Crippen molar-refractivity contribution < 1.29 is 17.7 Å². The van der Waals surface area contributed by atoms with Crippen LogP contribution in [0.25, 0.3) is 0 Å². The first kappa shape index (κ1) is 16.6. The zero-order valence-electron chi connectivity index (χ0n) is 13.7. The lowest BCUT2D eigenvalue weighted by Crippen LogP contribution is -2.45. The molecule has 2 aliphatic rings. The predicted molar refractivity (Wildman–Crippen MR) is 85.2 cm³/mol. The summed E-state index contributed by atoms with van der Waals surface area (Å²) >= 11 is 0. The average Bonchev–Trinajstić information content (AvgIpc) is 3.10. The average molecular weight is 340 g/mol. The van der Waals surface area contributed by atoms with Crippen LogP contribution in [0.5, 0.6) is 0 Å². The monoisotopic (exact) mass is 340 g/mol. The van der Waals surface area contributed by atoms with Gasteiger partial charge in [0.1, 0.15) is 12.0 Å². The summed E-state index contributed by atoms with van der Waals surface area (Å²) in [7, 11) is -3.46. The van der Waals surface area contributed by atoms with E-state index in [1.54, 1.807) is 12.5 Å². The number of rotatable bonds is 7. The molecule has 0 radical (unpaired) electrons. The van der Waals surface area contributed by atoms with Crippen LogP contribution in [-0.2, 0) is 21.2 Å². The molecule has 7 heteroatoms. The molecule has 1 N–H and O–H groups in total. The molecule has 128 valence electrons. The largest absolute Gasteiger partial charge is 0.364 e. The molecule has 2 atom stereocenters. The number of Topliss-reactive ketones (excluding diaryl/α,β-unsaturated/α-hetero) is 1. The Hall–Kier alpha value is -1.21. The third-order valence-electron chi connectivity index (χ3n) is 6.02. The first-order chi connectivity index (χ1) is 10.8. The van der Waals surface area contributed by atoms with Crippen molar-refractivity contribution in [3.63, 3.8) is 0 Å². The van der Waals surface area contributed by atoms with Gasteiger partial charge in [-0.15, -0.1) is 0 Å². The Morgan fingerprint density at radius 3 is 2.78 bits per heavy atom. The van der Waals surface area contributed by atoms with Crippen molar-refractivity contribution in [2.75, 3.05) is 12.3 Å². The first-order valence-electron chi connectivity index (χ1n) is 8.16. The fraction of sp³-hybridized carbons (Fsp3) is 0.750. The molecule has 0 aliphatic heterocycles. The van der Waals surface area contributed by atoms with E-state index in [2.05, 4.69) is 23.7 Å². The second-order valence-corrected chi connectivity index (χ2v) is 9.26. The maximum Gasteiger partial charge on any atom is 0.212 e. The highest BCUT2D eigenvalue weighted by Gasteiger charge is 2.65. The number of carbonyl (C=O) groups excluding carboxylic acids is 1. The second-order valence-electron chi connectivity index (χ2n) is 7.46. The van der Waals surface area contributed by atoms with Gasteiger partial charge < -0.3 is 4.52 Å². The lowest BCUT2D eigenvalue weighted by molar-refractivity contribution is -0.128. The molecule has 1 heterocycles. The van der Waals surface area contributed by atoms with Crippen LogP contribution in [0, 0.1) is 16.7 Å². The highest BCUT2D eigenvalue weighted by molar-refractivity contribution is 7.89. The normalized spacial score (nSPS) is 29.3. The van der Waals surface area contributed by atoms with Crippen LogP contribution in [0.3, 0.4) is 0 Å². The number of hydrogen-bond acceptors (Lipinski definition) is 5. The van der Waals surface area contributed by atoms with Crippen molar-refractivity contribution in [1.29, 1.82) is 0 Å². The molecule has 0 amide bonds. The third-order valence-corrected chi connectivity index (χ3v) is 7.54. The lowest BCUT2D eigenvalue weighted by Gasteiger charge is -2.36. The number of aromatic nitrogens is 1. The lowest BCUT2D eigenvalue weighted by atomic mass is 9.70. The van der Waals surface area contributed by atoms with E-state index >= 15 is 0 Å². The van der Waals surface area contributed by atoms with E-state index in [9.17, 15) is 13.2 Å². The van der Waals surface area contributed by atoms with E-state index in [4.69, 9.17) is 4.52 Å². The summed E-state index contributed by atoms with van der Waals surface area (Å²) in [4.78, 5) is 12.4. The maximum absolute atomic E-state index is 12.5. The van der Waals surface area contributed by atoms with Crippen LogP contribution in [0.15, 0.2) is 17.0 Å². The highest BCUT2D eigenvalue weighted by Crippen LogP contribution is 2.64. The molecule has 0 saturated heterocycles. The van der Waals surface area contributed by atoms with Crippen LogP contribution in [-0.4, -0.2) is 31.7 Å². The van der Waals surface area contributed by atoms with Gasteiger partial charge in [0.05, 0.1) is 11.9 Å². The summed E-state index contributed by atoms with van der Waals surface area (Å²) in [5.74, 6) is 0.391. The number of fused-ring (bicyclic) bond motifs is 2. The highest BCUT2D eigenvalue weighted by atomic mass is 32.2. The number of aryl methyl sites for hydroxylation is 1. The molecule has 23 heavy (non-hydrogen) atoms. The third kappa shape index (κ3) is 2.85. The Morgan fingerprint density at radius 1 is 1.43 bits per heavy atom. The minimum atomic E-state index is -3.46. The summed E-state index contributed by atoms with van der Waals surface area (Å²) in [5.41, 5.74) is 0.0350. The molecule has 2 unspecified atom stereocenters. The summed E-state index contributed by atoms with van der Waals surface area (Å²) in [6.45, 7) is 4.47. The molecule has 3 rings (SSSR count). The summed E-state index contributed by atoms with van der Waals surface area (Å²) in [6, 6.07) is 0. The van der Waals surface area contributed by atoms with Crippen LogP contribution in [0.1, 0.15) is 45.1 Å². The van der Waals surface area contributed by atoms with E-state index < -0.39 is 15.4 Å². The number of nitrogens with zero attached hydrogens (tertiary/aromatic N) is 1. The van der Waals surface area contributed by atoms with Crippen LogP contribution in [0.2, 0.25) is 0 Å². The van der Waals surface area contributed by atoms with Crippen LogP contribution >= 0.6 is 0 Å². The van der Waals surface area contributed by atoms with Crippen LogP contribution < -0.4 is 4.72 Å². The van der Waals surface area contributed by atoms with E-state index in [0.29, 0.717) is 38.1 Å². The molecule has 0 spiro atoms. The van der Waals surface area contributed by atoms with Gasteiger partial charge in [-0.2, -0.15) is 0 Å². The number of ketones is 1. The van der Waals surface area contributed by atoms with Crippen molar-refractivity contribution in [3.8, 4) is 0 Å². The molecule has 1 aromatic rings. The van der Waals surface area contributed by atoms with Crippen LogP contribution in [0.4, 0.5) is 0 Å². The van der Waals surface area contributed by atoms with Gasteiger partial charge in [0.2, 0.25) is 10.0 Å². The quantitative estimate of drug-likeness (QED) is 0.766. The molecule has 6 nitrogen and oxygen atoms in total. The fourth-order valence-corrected chi connectivity index (χ4v) is 6.24. The molecular formula is C16H24N2O4S. The fourth-order valence-electron chi connectivity index (χ4n) is 4.35. The molecule has 1 aromatic heterocycles. The van der Waals surface area contributed by atoms with Gasteiger partial charge in [-0.05, 0) is 37.0 Å². The molecule has 2 aliphatic carbocycles. The molecular weight excluding hydrogens is 316 g/mol.